The van der Waals surface area contributed by atoms with Crippen LogP contribution in [0.1, 0.15) is 26.3 Å². The van der Waals surface area contributed by atoms with Gasteiger partial charge in [0.2, 0.25) is 5.91 Å². The standard InChI is InChI=1S/C20H30N2O4/c1-4-25-18-8-6-5-7-17(18)11-21-9-10-26-20(13-21)14-22(16(2)3)19(23)12-24-15-20/h5-8,16H,4,9-15H2,1-3H3. The number of ether oxygens (including phenoxy) is 3. The second-order valence-corrected chi connectivity index (χ2v) is 7.39. The predicted molar refractivity (Wildman–Crippen MR) is 99.2 cm³/mol. The summed E-state index contributed by atoms with van der Waals surface area (Å²) < 4.78 is 17.6. The molecule has 1 aromatic rings. The van der Waals surface area contributed by atoms with E-state index in [0.29, 0.717) is 26.4 Å². The van der Waals surface area contributed by atoms with Gasteiger partial charge in [0.15, 0.2) is 0 Å². The van der Waals surface area contributed by atoms with E-state index in [-0.39, 0.29) is 18.6 Å². The first-order valence-electron chi connectivity index (χ1n) is 9.47. The summed E-state index contributed by atoms with van der Waals surface area (Å²) in [5.41, 5.74) is 0.715. The molecule has 2 aliphatic rings. The van der Waals surface area contributed by atoms with Crippen LogP contribution in [0.5, 0.6) is 5.75 Å². The lowest BCUT2D eigenvalue weighted by atomic mass is 10.0. The van der Waals surface area contributed by atoms with Gasteiger partial charge in [-0.3, -0.25) is 9.69 Å². The van der Waals surface area contributed by atoms with Crippen molar-refractivity contribution in [1.82, 2.24) is 9.80 Å². The molecule has 26 heavy (non-hydrogen) atoms. The summed E-state index contributed by atoms with van der Waals surface area (Å²) in [4.78, 5) is 16.5. The van der Waals surface area contributed by atoms with Crippen molar-refractivity contribution in [3.63, 3.8) is 0 Å². The van der Waals surface area contributed by atoms with Gasteiger partial charge in [-0.15, -0.1) is 0 Å². The summed E-state index contributed by atoms with van der Waals surface area (Å²) in [6.07, 6.45) is 0. The minimum atomic E-state index is -0.463. The first kappa shape index (κ1) is 19.1. The lowest BCUT2D eigenvalue weighted by Crippen LogP contribution is -2.59. The molecule has 144 valence electrons. The van der Waals surface area contributed by atoms with Gasteiger partial charge in [-0.1, -0.05) is 18.2 Å². The molecule has 3 rings (SSSR count). The largest absolute Gasteiger partial charge is 0.494 e. The molecule has 2 saturated heterocycles. The molecule has 1 spiro atoms. The molecule has 0 N–H and O–H groups in total. The van der Waals surface area contributed by atoms with E-state index >= 15 is 0 Å². The predicted octanol–water partition coefficient (Wildman–Crippen LogP) is 1.92. The number of para-hydroxylation sites is 1. The van der Waals surface area contributed by atoms with Crippen LogP contribution in [0.25, 0.3) is 0 Å². The molecule has 1 aromatic carbocycles. The smallest absolute Gasteiger partial charge is 0.248 e. The van der Waals surface area contributed by atoms with Gasteiger partial charge >= 0.3 is 0 Å². The summed E-state index contributed by atoms with van der Waals surface area (Å²) in [7, 11) is 0. The molecule has 0 saturated carbocycles. The summed E-state index contributed by atoms with van der Waals surface area (Å²) in [5, 5.41) is 0. The fourth-order valence-corrected chi connectivity index (χ4v) is 3.74. The highest BCUT2D eigenvalue weighted by molar-refractivity contribution is 5.78. The maximum Gasteiger partial charge on any atom is 0.248 e. The summed E-state index contributed by atoms with van der Waals surface area (Å²) in [6.45, 7) is 10.9. The molecule has 6 nitrogen and oxygen atoms in total. The van der Waals surface area contributed by atoms with Gasteiger partial charge in [0.25, 0.3) is 0 Å². The van der Waals surface area contributed by atoms with Crippen molar-refractivity contribution in [3.05, 3.63) is 29.8 Å². The van der Waals surface area contributed by atoms with Crippen molar-refractivity contribution >= 4 is 5.91 Å². The van der Waals surface area contributed by atoms with Crippen molar-refractivity contribution in [1.29, 1.82) is 0 Å². The third-order valence-corrected chi connectivity index (χ3v) is 4.99. The molecule has 0 aliphatic carbocycles. The second kappa shape index (κ2) is 8.37. The summed E-state index contributed by atoms with van der Waals surface area (Å²) in [5.74, 6) is 0.978. The quantitative estimate of drug-likeness (QED) is 0.801. The molecule has 2 fully saturated rings. The van der Waals surface area contributed by atoms with Crippen LogP contribution in [0, 0.1) is 0 Å². The number of carbonyl (C=O) groups is 1. The van der Waals surface area contributed by atoms with E-state index in [1.165, 1.54) is 5.56 Å². The number of hydrogen-bond donors (Lipinski definition) is 0. The van der Waals surface area contributed by atoms with Crippen molar-refractivity contribution in [2.24, 2.45) is 0 Å². The van der Waals surface area contributed by atoms with Crippen LogP contribution in [0.4, 0.5) is 0 Å². The number of carbonyl (C=O) groups excluding carboxylic acids is 1. The van der Waals surface area contributed by atoms with E-state index in [9.17, 15) is 4.79 Å². The number of hydrogen-bond acceptors (Lipinski definition) is 5. The maximum atomic E-state index is 12.3. The Balaban J connectivity index is 1.73. The van der Waals surface area contributed by atoms with Gasteiger partial charge in [-0.05, 0) is 26.8 Å². The van der Waals surface area contributed by atoms with E-state index in [0.717, 1.165) is 25.4 Å². The highest BCUT2D eigenvalue weighted by Gasteiger charge is 2.42. The lowest BCUT2D eigenvalue weighted by molar-refractivity contribution is -0.147. The monoisotopic (exact) mass is 362 g/mol. The topological polar surface area (TPSA) is 51.2 Å². The van der Waals surface area contributed by atoms with Crippen LogP contribution in [-0.2, 0) is 20.8 Å². The molecule has 0 radical (unpaired) electrons. The zero-order valence-electron chi connectivity index (χ0n) is 16.1. The van der Waals surface area contributed by atoms with E-state index < -0.39 is 5.60 Å². The van der Waals surface area contributed by atoms with E-state index in [2.05, 4.69) is 11.0 Å². The van der Waals surface area contributed by atoms with Crippen LogP contribution in [0.2, 0.25) is 0 Å². The number of benzene rings is 1. The fraction of sp³-hybridized carbons (Fsp3) is 0.650. The first-order valence-corrected chi connectivity index (χ1v) is 9.47. The van der Waals surface area contributed by atoms with E-state index in [1.807, 2.05) is 43.9 Å². The van der Waals surface area contributed by atoms with E-state index in [1.54, 1.807) is 0 Å². The fourth-order valence-electron chi connectivity index (χ4n) is 3.74. The lowest BCUT2D eigenvalue weighted by Gasteiger charge is -2.44. The molecular formula is C20H30N2O4. The van der Waals surface area contributed by atoms with Gasteiger partial charge in [0.05, 0.1) is 26.4 Å². The summed E-state index contributed by atoms with van der Waals surface area (Å²) >= 11 is 0. The van der Waals surface area contributed by atoms with Crippen LogP contribution >= 0.6 is 0 Å². The summed E-state index contributed by atoms with van der Waals surface area (Å²) in [6, 6.07) is 8.31. The third kappa shape index (κ3) is 4.37. The number of rotatable bonds is 5. The van der Waals surface area contributed by atoms with Crippen molar-refractivity contribution in [2.45, 2.75) is 39.0 Å². The minimum absolute atomic E-state index is 0.0410. The average molecular weight is 362 g/mol. The Morgan fingerprint density at radius 1 is 1.27 bits per heavy atom. The van der Waals surface area contributed by atoms with Gasteiger partial charge in [0, 0.05) is 31.2 Å². The SMILES string of the molecule is CCOc1ccccc1CN1CCOC2(COCC(=O)N(C(C)C)C2)C1. The van der Waals surface area contributed by atoms with Crippen molar-refractivity contribution in [2.75, 3.05) is 46.1 Å². The Morgan fingerprint density at radius 2 is 2.08 bits per heavy atom. The highest BCUT2D eigenvalue weighted by Crippen LogP contribution is 2.27. The number of morpholine rings is 1. The van der Waals surface area contributed by atoms with Gasteiger partial charge in [-0.2, -0.15) is 0 Å². The van der Waals surface area contributed by atoms with Gasteiger partial charge in [-0.25, -0.2) is 0 Å². The molecule has 1 amide bonds. The zero-order valence-corrected chi connectivity index (χ0v) is 16.1. The van der Waals surface area contributed by atoms with Crippen molar-refractivity contribution in [3.8, 4) is 5.75 Å². The third-order valence-electron chi connectivity index (χ3n) is 4.99. The Bertz CT molecular complexity index is 622. The average Bonchev–Trinajstić information content (AvgIpc) is 2.76. The molecular weight excluding hydrogens is 332 g/mol. The Labute approximate surface area is 156 Å². The van der Waals surface area contributed by atoms with Crippen LogP contribution in [0.15, 0.2) is 24.3 Å². The number of nitrogens with zero attached hydrogens (tertiary/aromatic N) is 2. The minimum Gasteiger partial charge on any atom is -0.494 e. The van der Waals surface area contributed by atoms with Gasteiger partial charge in [0.1, 0.15) is 18.0 Å². The molecule has 2 heterocycles. The zero-order chi connectivity index (χ0) is 18.6. The first-order chi connectivity index (χ1) is 12.5. The molecule has 1 atom stereocenters. The Kier molecular flexibility index (Phi) is 6.16. The molecule has 1 unspecified atom stereocenters. The van der Waals surface area contributed by atoms with Crippen LogP contribution in [-0.4, -0.2) is 73.4 Å². The van der Waals surface area contributed by atoms with Gasteiger partial charge < -0.3 is 19.1 Å². The molecule has 0 aromatic heterocycles. The van der Waals surface area contributed by atoms with Crippen molar-refractivity contribution < 1.29 is 19.0 Å². The Morgan fingerprint density at radius 3 is 2.85 bits per heavy atom. The molecule has 2 aliphatic heterocycles. The van der Waals surface area contributed by atoms with Crippen LogP contribution < -0.4 is 4.74 Å². The highest BCUT2D eigenvalue weighted by atomic mass is 16.5. The maximum absolute atomic E-state index is 12.3. The number of amides is 1. The normalized spacial score (nSPS) is 24.9. The van der Waals surface area contributed by atoms with Crippen LogP contribution in [0.3, 0.4) is 0 Å². The molecule has 6 heteroatoms. The van der Waals surface area contributed by atoms with E-state index in [4.69, 9.17) is 14.2 Å². The second-order valence-electron chi connectivity index (χ2n) is 7.39. The molecule has 0 bridgehead atoms. The Hall–Kier alpha value is -1.63.